The Bertz CT molecular complexity index is 149. The summed E-state index contributed by atoms with van der Waals surface area (Å²) in [5.41, 5.74) is 0.611. The van der Waals surface area contributed by atoms with E-state index in [0.717, 1.165) is 12.8 Å². The van der Waals surface area contributed by atoms with Crippen molar-refractivity contribution in [2.75, 3.05) is 0 Å². The van der Waals surface area contributed by atoms with E-state index in [2.05, 4.69) is 17.0 Å². The van der Waals surface area contributed by atoms with Crippen molar-refractivity contribution < 1.29 is 5.21 Å². The average Bonchev–Trinajstić information content (AvgIpc) is 2.14. The van der Waals surface area contributed by atoms with E-state index in [1.807, 2.05) is 0 Å². The zero-order valence-corrected chi connectivity index (χ0v) is 3.81. The number of rotatable bonds is 0. The SMILES string of the molecule is O/N=C1\C#CCC1. The first kappa shape index (κ1) is 4.20. The van der Waals surface area contributed by atoms with Crippen LogP contribution in [0.4, 0.5) is 0 Å². The maximum absolute atomic E-state index is 8.05. The van der Waals surface area contributed by atoms with Crippen LogP contribution in [0.25, 0.3) is 0 Å². The smallest absolute Gasteiger partial charge is 0.130 e. The van der Waals surface area contributed by atoms with Gasteiger partial charge in [-0.3, -0.25) is 0 Å². The van der Waals surface area contributed by atoms with Gasteiger partial charge in [0.05, 0.1) is 0 Å². The normalized spacial score (nSPS) is 22.0. The van der Waals surface area contributed by atoms with Crippen LogP contribution in [0, 0.1) is 11.8 Å². The minimum atomic E-state index is 0.611. The topological polar surface area (TPSA) is 32.6 Å². The third-order valence-corrected chi connectivity index (χ3v) is 0.840. The van der Waals surface area contributed by atoms with Crippen LogP contribution in [0.3, 0.4) is 0 Å². The van der Waals surface area contributed by atoms with Gasteiger partial charge in [0.15, 0.2) is 0 Å². The van der Waals surface area contributed by atoms with Crippen LogP contribution in [0.1, 0.15) is 12.8 Å². The fourth-order valence-corrected chi connectivity index (χ4v) is 0.483. The average molecular weight is 95.1 g/mol. The number of oxime groups is 1. The molecular formula is C5H5NO. The van der Waals surface area contributed by atoms with Gasteiger partial charge in [0, 0.05) is 12.8 Å². The van der Waals surface area contributed by atoms with E-state index in [1.165, 1.54) is 0 Å². The van der Waals surface area contributed by atoms with Crippen molar-refractivity contribution in [3.05, 3.63) is 0 Å². The molecule has 2 heteroatoms. The molecule has 0 fully saturated rings. The molecule has 0 bridgehead atoms. The second-order valence-electron chi connectivity index (χ2n) is 1.35. The summed E-state index contributed by atoms with van der Waals surface area (Å²) in [7, 11) is 0. The highest BCUT2D eigenvalue weighted by Gasteiger charge is 1.97. The molecule has 1 N–H and O–H groups in total. The Morgan fingerprint density at radius 2 is 2.57 bits per heavy atom. The summed E-state index contributed by atoms with van der Waals surface area (Å²) in [6, 6.07) is 0. The van der Waals surface area contributed by atoms with Gasteiger partial charge in [-0.05, 0) is 5.92 Å². The molecule has 0 aromatic heterocycles. The van der Waals surface area contributed by atoms with Crippen molar-refractivity contribution in [3.63, 3.8) is 0 Å². The highest BCUT2D eigenvalue weighted by Crippen LogP contribution is 1.96. The predicted molar refractivity (Wildman–Crippen MR) is 26.2 cm³/mol. The maximum atomic E-state index is 8.05. The van der Waals surface area contributed by atoms with E-state index in [4.69, 9.17) is 5.21 Å². The molecule has 7 heavy (non-hydrogen) atoms. The summed E-state index contributed by atoms with van der Waals surface area (Å²) >= 11 is 0. The van der Waals surface area contributed by atoms with E-state index in [9.17, 15) is 0 Å². The van der Waals surface area contributed by atoms with Gasteiger partial charge >= 0.3 is 0 Å². The Labute approximate surface area is 41.8 Å². The largest absolute Gasteiger partial charge is 0.410 e. The second kappa shape index (κ2) is 1.65. The van der Waals surface area contributed by atoms with E-state index in [0.29, 0.717) is 5.71 Å². The van der Waals surface area contributed by atoms with Gasteiger partial charge in [0.2, 0.25) is 0 Å². The molecule has 1 aliphatic carbocycles. The summed E-state index contributed by atoms with van der Waals surface area (Å²) < 4.78 is 0. The van der Waals surface area contributed by atoms with Crippen LogP contribution in [0.15, 0.2) is 5.16 Å². The van der Waals surface area contributed by atoms with Crippen molar-refractivity contribution in [2.24, 2.45) is 5.16 Å². The minimum Gasteiger partial charge on any atom is -0.410 e. The van der Waals surface area contributed by atoms with Gasteiger partial charge in [0.1, 0.15) is 5.71 Å². The number of nitrogens with zero attached hydrogens (tertiary/aromatic N) is 1. The van der Waals surface area contributed by atoms with E-state index in [1.54, 1.807) is 0 Å². The lowest BCUT2D eigenvalue weighted by molar-refractivity contribution is 0.319. The second-order valence-corrected chi connectivity index (χ2v) is 1.35. The summed E-state index contributed by atoms with van der Waals surface area (Å²) in [4.78, 5) is 0. The van der Waals surface area contributed by atoms with E-state index < -0.39 is 0 Å². The molecule has 0 heterocycles. The summed E-state index contributed by atoms with van der Waals surface area (Å²) in [6.45, 7) is 0. The predicted octanol–water partition coefficient (Wildman–Crippen LogP) is 0.614. The van der Waals surface area contributed by atoms with Gasteiger partial charge in [-0.25, -0.2) is 0 Å². The zero-order valence-electron chi connectivity index (χ0n) is 3.81. The molecule has 0 aromatic rings. The Hall–Kier alpha value is -0.970. The number of hydrogen-bond donors (Lipinski definition) is 1. The quantitative estimate of drug-likeness (QED) is 0.267. The van der Waals surface area contributed by atoms with Crippen LogP contribution < -0.4 is 0 Å². The Morgan fingerprint density at radius 3 is 2.86 bits per heavy atom. The van der Waals surface area contributed by atoms with Gasteiger partial charge < -0.3 is 5.21 Å². The Kier molecular flexibility index (Phi) is 0.991. The molecule has 0 unspecified atom stereocenters. The third kappa shape index (κ3) is 0.716. The lowest BCUT2D eigenvalue weighted by Gasteiger charge is -1.78. The van der Waals surface area contributed by atoms with Gasteiger partial charge in [-0.1, -0.05) is 11.1 Å². The van der Waals surface area contributed by atoms with Gasteiger partial charge in [-0.2, -0.15) is 0 Å². The fourth-order valence-electron chi connectivity index (χ4n) is 0.483. The Balaban J connectivity index is 2.66. The zero-order chi connectivity index (χ0) is 5.11. The maximum Gasteiger partial charge on any atom is 0.130 e. The van der Waals surface area contributed by atoms with Gasteiger partial charge in [-0.15, -0.1) is 0 Å². The van der Waals surface area contributed by atoms with E-state index >= 15 is 0 Å². The molecule has 36 valence electrons. The molecule has 0 saturated heterocycles. The van der Waals surface area contributed by atoms with Crippen molar-refractivity contribution in [2.45, 2.75) is 12.8 Å². The molecular weight excluding hydrogens is 90.1 g/mol. The summed E-state index contributed by atoms with van der Waals surface area (Å²) in [5, 5.41) is 11.0. The molecule has 1 rings (SSSR count). The molecule has 1 aliphatic rings. The first-order valence-electron chi connectivity index (χ1n) is 2.13. The third-order valence-electron chi connectivity index (χ3n) is 0.840. The molecule has 0 amide bonds. The first-order valence-corrected chi connectivity index (χ1v) is 2.13. The molecule has 0 atom stereocenters. The van der Waals surface area contributed by atoms with Crippen molar-refractivity contribution >= 4 is 5.71 Å². The molecule has 2 nitrogen and oxygen atoms in total. The first-order chi connectivity index (χ1) is 3.43. The van der Waals surface area contributed by atoms with Crippen LogP contribution in [0.5, 0.6) is 0 Å². The molecule has 0 spiro atoms. The van der Waals surface area contributed by atoms with E-state index in [-0.39, 0.29) is 0 Å². The van der Waals surface area contributed by atoms with Gasteiger partial charge in [0.25, 0.3) is 0 Å². The highest BCUT2D eigenvalue weighted by molar-refractivity contribution is 6.01. The molecule has 0 radical (unpaired) electrons. The van der Waals surface area contributed by atoms with Crippen LogP contribution in [0.2, 0.25) is 0 Å². The lowest BCUT2D eigenvalue weighted by Crippen LogP contribution is -1.85. The van der Waals surface area contributed by atoms with Crippen LogP contribution in [-0.2, 0) is 0 Å². The highest BCUT2D eigenvalue weighted by atomic mass is 16.4. The standard InChI is InChI=1S/C5H5NO/c7-6-5-3-1-2-4-5/h7H,1,3H2/b6-5-. The molecule has 0 saturated carbocycles. The molecule has 0 aliphatic heterocycles. The summed E-state index contributed by atoms with van der Waals surface area (Å²) in [5.74, 6) is 5.44. The van der Waals surface area contributed by atoms with Crippen LogP contribution in [-0.4, -0.2) is 10.9 Å². The lowest BCUT2D eigenvalue weighted by atomic mass is 10.3. The summed E-state index contributed by atoms with van der Waals surface area (Å²) in [6.07, 6.45) is 1.63. The number of hydrogen-bond acceptors (Lipinski definition) is 2. The minimum absolute atomic E-state index is 0.611. The Morgan fingerprint density at radius 1 is 1.71 bits per heavy atom. The monoisotopic (exact) mass is 95.0 g/mol. The van der Waals surface area contributed by atoms with Crippen molar-refractivity contribution in [3.8, 4) is 11.8 Å². The van der Waals surface area contributed by atoms with Crippen molar-refractivity contribution in [1.29, 1.82) is 0 Å². The fraction of sp³-hybridized carbons (Fsp3) is 0.400. The van der Waals surface area contributed by atoms with Crippen molar-refractivity contribution in [1.82, 2.24) is 0 Å². The molecule has 0 aromatic carbocycles. The van der Waals surface area contributed by atoms with Crippen LogP contribution >= 0.6 is 0 Å².